The molecular formula is C24H21ClFN3O4. The van der Waals surface area contributed by atoms with Crippen LogP contribution in [-0.4, -0.2) is 33.5 Å². The van der Waals surface area contributed by atoms with Crippen molar-refractivity contribution in [3.63, 3.8) is 0 Å². The molecule has 33 heavy (non-hydrogen) atoms. The zero-order chi connectivity index (χ0) is 24.1. The molecule has 0 radical (unpaired) electrons. The maximum Gasteiger partial charge on any atom is 0.331 e. The fourth-order valence-electron chi connectivity index (χ4n) is 3.03. The van der Waals surface area contributed by atoms with Crippen LogP contribution in [0.25, 0.3) is 11.8 Å². The van der Waals surface area contributed by atoms with E-state index in [0.29, 0.717) is 28.2 Å². The second-order valence-electron chi connectivity index (χ2n) is 7.21. The number of hydrogen-bond acceptors (Lipinski definition) is 5. The first-order chi connectivity index (χ1) is 15.7. The number of benzene rings is 2. The van der Waals surface area contributed by atoms with Gasteiger partial charge in [-0.3, -0.25) is 9.59 Å². The predicted molar refractivity (Wildman–Crippen MR) is 123 cm³/mol. The number of nitrogens with zero attached hydrogens (tertiary/aromatic N) is 2. The minimum atomic E-state index is -1.02. The largest absolute Gasteiger partial charge is 0.451 e. The molecule has 170 valence electrons. The lowest BCUT2D eigenvalue weighted by molar-refractivity contribution is -0.140. The van der Waals surface area contributed by atoms with E-state index in [4.69, 9.17) is 16.3 Å². The smallest absolute Gasteiger partial charge is 0.331 e. The topological polar surface area (TPSA) is 90.3 Å². The van der Waals surface area contributed by atoms with E-state index in [1.807, 2.05) is 0 Å². The summed E-state index contributed by atoms with van der Waals surface area (Å²) < 4.78 is 19.8. The van der Waals surface area contributed by atoms with Gasteiger partial charge in [-0.15, -0.1) is 0 Å². The van der Waals surface area contributed by atoms with Gasteiger partial charge in [-0.1, -0.05) is 11.6 Å². The van der Waals surface area contributed by atoms with Crippen molar-refractivity contribution >= 4 is 41.0 Å². The third-order valence-electron chi connectivity index (χ3n) is 4.66. The number of carbonyl (C=O) groups excluding carboxylic acids is 3. The number of aryl methyl sites for hydroxylation is 1. The number of ether oxygens (including phenoxy) is 1. The monoisotopic (exact) mass is 469 g/mol. The number of ketones is 1. The van der Waals surface area contributed by atoms with Crippen LogP contribution in [0.5, 0.6) is 0 Å². The molecule has 1 atom stereocenters. The van der Waals surface area contributed by atoms with Crippen LogP contribution in [0.1, 0.15) is 35.5 Å². The van der Waals surface area contributed by atoms with Crippen molar-refractivity contribution in [1.29, 1.82) is 0 Å². The number of Topliss-reactive ketones (excluding diaryl/α,β-unsaturated/α-hetero) is 1. The Balaban J connectivity index is 1.66. The van der Waals surface area contributed by atoms with E-state index in [0.717, 1.165) is 6.08 Å². The van der Waals surface area contributed by atoms with Crippen LogP contribution in [0.3, 0.4) is 0 Å². The molecule has 7 nitrogen and oxygen atoms in total. The Morgan fingerprint density at radius 3 is 2.36 bits per heavy atom. The summed E-state index contributed by atoms with van der Waals surface area (Å²) in [6.45, 7) is 4.57. The van der Waals surface area contributed by atoms with Crippen LogP contribution in [0, 0.1) is 12.7 Å². The maximum atomic E-state index is 13.2. The molecule has 0 aliphatic carbocycles. The molecule has 1 unspecified atom stereocenters. The first-order valence-corrected chi connectivity index (χ1v) is 10.3. The Morgan fingerprint density at radius 2 is 1.76 bits per heavy atom. The minimum Gasteiger partial charge on any atom is -0.451 e. The first kappa shape index (κ1) is 23.9. The summed E-state index contributed by atoms with van der Waals surface area (Å²) in [5.74, 6) is -1.71. The van der Waals surface area contributed by atoms with Gasteiger partial charge < -0.3 is 10.1 Å². The molecule has 3 rings (SSSR count). The third-order valence-corrected chi connectivity index (χ3v) is 5.02. The van der Waals surface area contributed by atoms with Gasteiger partial charge in [0.05, 0.1) is 11.4 Å². The van der Waals surface area contributed by atoms with E-state index in [2.05, 4.69) is 10.4 Å². The highest BCUT2D eigenvalue weighted by molar-refractivity contribution is 6.31. The third kappa shape index (κ3) is 5.93. The van der Waals surface area contributed by atoms with Gasteiger partial charge in [0.1, 0.15) is 11.0 Å². The molecule has 1 heterocycles. The highest BCUT2D eigenvalue weighted by atomic mass is 35.5. The van der Waals surface area contributed by atoms with E-state index < -0.39 is 12.1 Å². The van der Waals surface area contributed by atoms with Crippen LogP contribution < -0.4 is 5.32 Å². The van der Waals surface area contributed by atoms with E-state index >= 15 is 0 Å². The van der Waals surface area contributed by atoms with Crippen LogP contribution in [0.2, 0.25) is 5.15 Å². The molecule has 0 spiro atoms. The van der Waals surface area contributed by atoms with Gasteiger partial charge in [-0.05, 0) is 68.5 Å². The Hall–Kier alpha value is -3.78. The number of halogens is 2. The zero-order valence-corrected chi connectivity index (χ0v) is 18.9. The standard InChI is InChI=1S/C24H21ClFN3O4/c1-14-21(24(25)29(28-14)20-10-6-18(26)7-11-20)12-13-22(31)33-15(2)23(32)17-4-8-19(9-5-17)27-16(3)30/h4-13,15H,1-3H3,(H,27,30)/b13-12+. The summed E-state index contributed by atoms with van der Waals surface area (Å²) in [6.07, 6.45) is 1.59. The van der Waals surface area contributed by atoms with Crippen molar-refractivity contribution < 1.29 is 23.5 Å². The van der Waals surface area contributed by atoms with Gasteiger partial charge in [0.2, 0.25) is 11.7 Å². The van der Waals surface area contributed by atoms with E-state index in [1.165, 1.54) is 48.9 Å². The molecule has 0 saturated heterocycles. The van der Waals surface area contributed by atoms with Gasteiger partial charge >= 0.3 is 5.97 Å². The lowest BCUT2D eigenvalue weighted by atomic mass is 10.1. The number of carbonyl (C=O) groups is 3. The van der Waals surface area contributed by atoms with E-state index in [9.17, 15) is 18.8 Å². The number of esters is 1. The van der Waals surface area contributed by atoms with E-state index in [1.54, 1.807) is 31.2 Å². The molecule has 0 aliphatic rings. The Labute approximate surface area is 194 Å². The molecule has 1 N–H and O–H groups in total. The normalized spacial score (nSPS) is 11.9. The quantitative estimate of drug-likeness (QED) is 0.306. The lowest BCUT2D eigenvalue weighted by Gasteiger charge is -2.11. The number of aromatic nitrogens is 2. The van der Waals surface area contributed by atoms with Crippen LogP contribution >= 0.6 is 11.6 Å². The average molecular weight is 470 g/mol. The number of nitrogens with one attached hydrogen (secondary N) is 1. The summed E-state index contributed by atoms with van der Waals surface area (Å²) in [5.41, 5.74) is 2.51. The Bertz CT molecular complexity index is 1220. The van der Waals surface area contributed by atoms with Crippen molar-refractivity contribution in [2.24, 2.45) is 0 Å². The van der Waals surface area contributed by atoms with Gasteiger partial charge in [-0.2, -0.15) is 5.10 Å². The van der Waals surface area contributed by atoms with Gasteiger partial charge in [0, 0.05) is 29.8 Å². The Kier molecular flexibility index (Phi) is 7.40. The van der Waals surface area contributed by atoms with Gasteiger partial charge in [0.15, 0.2) is 6.10 Å². The second kappa shape index (κ2) is 10.2. The highest BCUT2D eigenvalue weighted by Crippen LogP contribution is 2.25. The molecule has 0 fully saturated rings. The molecule has 3 aromatic rings. The number of rotatable bonds is 7. The van der Waals surface area contributed by atoms with Crippen LogP contribution in [0.4, 0.5) is 10.1 Å². The van der Waals surface area contributed by atoms with Gasteiger partial charge in [0.25, 0.3) is 0 Å². The van der Waals surface area contributed by atoms with Gasteiger partial charge in [-0.25, -0.2) is 13.9 Å². The Morgan fingerprint density at radius 1 is 1.12 bits per heavy atom. The van der Waals surface area contributed by atoms with Crippen molar-refractivity contribution in [2.75, 3.05) is 5.32 Å². The summed E-state index contributed by atoms with van der Waals surface area (Å²) in [7, 11) is 0. The molecule has 0 aliphatic heterocycles. The minimum absolute atomic E-state index is 0.221. The van der Waals surface area contributed by atoms with Crippen molar-refractivity contribution in [3.8, 4) is 5.69 Å². The predicted octanol–water partition coefficient (Wildman–Crippen LogP) is 4.76. The van der Waals surface area contributed by atoms with Crippen LogP contribution in [-0.2, 0) is 14.3 Å². The summed E-state index contributed by atoms with van der Waals surface area (Å²) in [6, 6.07) is 11.9. The number of hydrogen-bond donors (Lipinski definition) is 1. The van der Waals surface area contributed by atoms with Crippen LogP contribution in [0.15, 0.2) is 54.6 Å². The van der Waals surface area contributed by atoms with E-state index in [-0.39, 0.29) is 22.7 Å². The maximum absolute atomic E-state index is 13.2. The molecule has 1 amide bonds. The molecule has 9 heteroatoms. The fourth-order valence-corrected chi connectivity index (χ4v) is 3.36. The fraction of sp³-hybridized carbons (Fsp3) is 0.167. The van der Waals surface area contributed by atoms with Crippen molar-refractivity contribution in [2.45, 2.75) is 26.9 Å². The average Bonchev–Trinajstić information content (AvgIpc) is 3.05. The molecule has 2 aromatic carbocycles. The number of anilines is 1. The highest BCUT2D eigenvalue weighted by Gasteiger charge is 2.19. The second-order valence-corrected chi connectivity index (χ2v) is 7.57. The molecule has 1 aromatic heterocycles. The van der Waals surface area contributed by atoms with Crippen molar-refractivity contribution in [1.82, 2.24) is 9.78 Å². The number of amides is 1. The SMILES string of the molecule is CC(=O)Nc1ccc(C(=O)C(C)OC(=O)/C=C/c2c(C)nn(-c3ccc(F)cc3)c2Cl)cc1. The lowest BCUT2D eigenvalue weighted by Crippen LogP contribution is -2.23. The molecular weight excluding hydrogens is 449 g/mol. The zero-order valence-electron chi connectivity index (χ0n) is 18.1. The molecule has 0 bridgehead atoms. The summed E-state index contributed by atoms with van der Waals surface area (Å²) in [5, 5.41) is 7.17. The molecule has 0 saturated carbocycles. The van der Waals surface area contributed by atoms with Crippen molar-refractivity contribution in [3.05, 3.63) is 82.4 Å². The first-order valence-electron chi connectivity index (χ1n) is 9.97. The summed E-state index contributed by atoms with van der Waals surface area (Å²) in [4.78, 5) is 35.9. The summed E-state index contributed by atoms with van der Waals surface area (Å²) >= 11 is 6.39.